The smallest absolute Gasteiger partial charge is 0.266 e. The molecule has 1 amide bonds. The van der Waals surface area contributed by atoms with Crippen molar-refractivity contribution in [2.24, 2.45) is 0 Å². The maximum Gasteiger partial charge on any atom is 0.266 e. The zero-order chi connectivity index (χ0) is 18.2. The maximum atomic E-state index is 13.0. The molecule has 6 nitrogen and oxygen atoms in total. The third-order valence-corrected chi connectivity index (χ3v) is 4.29. The number of halogens is 1. The largest absolute Gasteiger partial charge is 0.394 e. The SMILES string of the molecule is CCC(CO)N/C=C(/C#N)C(=O)N1CCN(c2ccc(F)cc2)CC1. The summed E-state index contributed by atoms with van der Waals surface area (Å²) in [5.41, 5.74) is 0.946. The minimum atomic E-state index is -0.318. The highest BCUT2D eigenvalue weighted by Gasteiger charge is 2.24. The van der Waals surface area contributed by atoms with Crippen molar-refractivity contribution in [1.29, 1.82) is 5.26 Å². The fourth-order valence-electron chi connectivity index (χ4n) is 2.63. The Balaban J connectivity index is 1.94. The maximum absolute atomic E-state index is 13.0. The molecule has 7 heteroatoms. The van der Waals surface area contributed by atoms with Gasteiger partial charge in [-0.3, -0.25) is 4.79 Å². The van der Waals surface area contributed by atoms with Gasteiger partial charge in [0.25, 0.3) is 5.91 Å². The highest BCUT2D eigenvalue weighted by atomic mass is 19.1. The number of hydrogen-bond donors (Lipinski definition) is 2. The molecular formula is C18H23FN4O2. The first-order valence-electron chi connectivity index (χ1n) is 8.36. The van der Waals surface area contributed by atoms with Crippen molar-refractivity contribution in [3.8, 4) is 6.07 Å². The quantitative estimate of drug-likeness (QED) is 0.598. The van der Waals surface area contributed by atoms with Crippen LogP contribution in [0.3, 0.4) is 0 Å². The molecular weight excluding hydrogens is 323 g/mol. The Morgan fingerprint density at radius 2 is 2.00 bits per heavy atom. The van der Waals surface area contributed by atoms with Gasteiger partial charge in [-0.25, -0.2) is 4.39 Å². The molecule has 134 valence electrons. The Hall–Kier alpha value is -2.59. The first kappa shape index (κ1) is 18.7. The minimum Gasteiger partial charge on any atom is -0.394 e. The van der Waals surface area contributed by atoms with Gasteiger partial charge in [-0.1, -0.05) is 6.92 Å². The molecule has 1 heterocycles. The lowest BCUT2D eigenvalue weighted by Gasteiger charge is -2.36. The van der Waals surface area contributed by atoms with E-state index < -0.39 is 0 Å². The summed E-state index contributed by atoms with van der Waals surface area (Å²) in [5, 5.41) is 21.3. The molecule has 1 saturated heterocycles. The van der Waals surface area contributed by atoms with E-state index >= 15 is 0 Å². The molecule has 1 fully saturated rings. The van der Waals surface area contributed by atoms with Gasteiger partial charge in [0, 0.05) is 44.1 Å². The summed E-state index contributed by atoms with van der Waals surface area (Å²) in [5.74, 6) is -0.594. The number of nitriles is 1. The first-order chi connectivity index (χ1) is 12.1. The molecule has 1 aromatic rings. The summed E-state index contributed by atoms with van der Waals surface area (Å²) in [7, 11) is 0. The highest BCUT2D eigenvalue weighted by Crippen LogP contribution is 2.17. The van der Waals surface area contributed by atoms with Crippen LogP contribution in [-0.4, -0.2) is 54.7 Å². The second-order valence-electron chi connectivity index (χ2n) is 5.88. The molecule has 0 aliphatic carbocycles. The van der Waals surface area contributed by atoms with Gasteiger partial charge in [0.15, 0.2) is 0 Å². The zero-order valence-electron chi connectivity index (χ0n) is 14.3. The van der Waals surface area contributed by atoms with Crippen LogP contribution >= 0.6 is 0 Å². The van der Waals surface area contributed by atoms with Crippen molar-refractivity contribution >= 4 is 11.6 Å². The van der Waals surface area contributed by atoms with E-state index in [1.807, 2.05) is 13.0 Å². The van der Waals surface area contributed by atoms with Crippen molar-refractivity contribution in [2.45, 2.75) is 19.4 Å². The topological polar surface area (TPSA) is 79.6 Å². The summed E-state index contributed by atoms with van der Waals surface area (Å²) in [6.07, 6.45) is 2.08. The molecule has 1 atom stereocenters. The fraction of sp³-hybridized carbons (Fsp3) is 0.444. The van der Waals surface area contributed by atoms with Crippen LogP contribution in [0, 0.1) is 17.1 Å². The van der Waals surface area contributed by atoms with Crippen LogP contribution in [0.2, 0.25) is 0 Å². The van der Waals surface area contributed by atoms with Crippen LogP contribution in [0.4, 0.5) is 10.1 Å². The third kappa shape index (κ3) is 4.94. The lowest BCUT2D eigenvalue weighted by atomic mass is 10.2. The van der Waals surface area contributed by atoms with Crippen molar-refractivity contribution in [1.82, 2.24) is 10.2 Å². The molecule has 0 radical (unpaired) electrons. The van der Waals surface area contributed by atoms with Crippen LogP contribution in [0.1, 0.15) is 13.3 Å². The number of piperazine rings is 1. The lowest BCUT2D eigenvalue weighted by molar-refractivity contribution is -0.127. The standard InChI is InChI=1S/C18H23FN4O2/c1-2-16(13-24)21-12-14(11-20)18(25)23-9-7-22(8-10-23)17-5-3-15(19)4-6-17/h3-6,12,16,21,24H,2,7-10,13H2,1H3/b14-12-. The number of carbonyl (C=O) groups is 1. The number of aliphatic hydroxyl groups excluding tert-OH is 1. The molecule has 1 aliphatic heterocycles. The van der Waals surface area contributed by atoms with Gasteiger partial charge in [-0.05, 0) is 30.7 Å². The number of nitrogens with one attached hydrogen (secondary N) is 1. The molecule has 2 rings (SSSR count). The van der Waals surface area contributed by atoms with Crippen LogP contribution in [-0.2, 0) is 4.79 Å². The van der Waals surface area contributed by atoms with E-state index in [1.165, 1.54) is 18.3 Å². The van der Waals surface area contributed by atoms with E-state index in [9.17, 15) is 14.4 Å². The summed E-state index contributed by atoms with van der Waals surface area (Å²) in [4.78, 5) is 16.2. The number of rotatable bonds is 6. The molecule has 2 N–H and O–H groups in total. The molecule has 0 bridgehead atoms. The second-order valence-corrected chi connectivity index (χ2v) is 5.88. The van der Waals surface area contributed by atoms with Crippen molar-refractivity contribution < 1.29 is 14.3 Å². The van der Waals surface area contributed by atoms with E-state index in [-0.39, 0.29) is 29.9 Å². The van der Waals surface area contributed by atoms with Gasteiger partial charge in [-0.2, -0.15) is 5.26 Å². The van der Waals surface area contributed by atoms with Gasteiger partial charge in [0.2, 0.25) is 0 Å². The summed E-state index contributed by atoms with van der Waals surface area (Å²) >= 11 is 0. The van der Waals surface area contributed by atoms with E-state index in [0.717, 1.165) is 5.69 Å². The van der Waals surface area contributed by atoms with Crippen LogP contribution in [0.5, 0.6) is 0 Å². The minimum absolute atomic E-state index is 0.0298. The number of aliphatic hydroxyl groups is 1. The van der Waals surface area contributed by atoms with Gasteiger partial charge in [0.05, 0.1) is 6.61 Å². The van der Waals surface area contributed by atoms with Crippen LogP contribution in [0.15, 0.2) is 36.0 Å². The van der Waals surface area contributed by atoms with Crippen molar-refractivity contribution in [3.63, 3.8) is 0 Å². The van der Waals surface area contributed by atoms with Crippen LogP contribution < -0.4 is 10.2 Å². The molecule has 0 spiro atoms. The number of amides is 1. The van der Waals surface area contributed by atoms with E-state index in [2.05, 4.69) is 10.2 Å². The fourth-order valence-corrected chi connectivity index (χ4v) is 2.63. The third-order valence-electron chi connectivity index (χ3n) is 4.29. The molecule has 0 aromatic heterocycles. The lowest BCUT2D eigenvalue weighted by Crippen LogP contribution is -2.49. The molecule has 1 aromatic carbocycles. The normalized spacial score (nSPS) is 16.3. The van der Waals surface area contributed by atoms with Gasteiger partial charge < -0.3 is 20.2 Å². The zero-order valence-corrected chi connectivity index (χ0v) is 14.3. The van der Waals surface area contributed by atoms with Crippen molar-refractivity contribution in [3.05, 3.63) is 41.9 Å². The van der Waals surface area contributed by atoms with Gasteiger partial charge >= 0.3 is 0 Å². The number of anilines is 1. The van der Waals surface area contributed by atoms with E-state index in [1.54, 1.807) is 17.0 Å². The molecule has 1 unspecified atom stereocenters. The van der Waals surface area contributed by atoms with Crippen molar-refractivity contribution in [2.75, 3.05) is 37.7 Å². The first-order valence-corrected chi connectivity index (χ1v) is 8.36. The number of nitrogens with zero attached hydrogens (tertiary/aromatic N) is 3. The predicted octanol–water partition coefficient (Wildman–Crippen LogP) is 1.24. The second kappa shape index (κ2) is 9.04. The number of benzene rings is 1. The molecule has 0 saturated carbocycles. The summed E-state index contributed by atoms with van der Waals surface area (Å²) in [6.45, 7) is 4.08. The van der Waals surface area contributed by atoms with E-state index in [0.29, 0.717) is 32.6 Å². The van der Waals surface area contributed by atoms with Crippen LogP contribution in [0.25, 0.3) is 0 Å². The number of carbonyl (C=O) groups excluding carboxylic acids is 1. The average Bonchev–Trinajstić information content (AvgIpc) is 2.66. The Bertz CT molecular complexity index is 642. The highest BCUT2D eigenvalue weighted by molar-refractivity contribution is 5.97. The van der Waals surface area contributed by atoms with Gasteiger partial charge in [-0.15, -0.1) is 0 Å². The Morgan fingerprint density at radius 1 is 1.36 bits per heavy atom. The van der Waals surface area contributed by atoms with E-state index in [4.69, 9.17) is 5.11 Å². The Kier molecular flexibility index (Phi) is 6.78. The molecule has 25 heavy (non-hydrogen) atoms. The predicted molar refractivity (Wildman–Crippen MR) is 93.2 cm³/mol. The Labute approximate surface area is 147 Å². The summed E-state index contributed by atoms with van der Waals surface area (Å²) in [6, 6.07) is 8.02. The summed E-state index contributed by atoms with van der Waals surface area (Å²) < 4.78 is 13.0. The Morgan fingerprint density at radius 3 is 2.52 bits per heavy atom. The monoisotopic (exact) mass is 346 g/mol. The number of hydrogen-bond acceptors (Lipinski definition) is 5. The average molecular weight is 346 g/mol. The molecule has 1 aliphatic rings. The van der Waals surface area contributed by atoms with Gasteiger partial charge in [0.1, 0.15) is 17.5 Å².